The Bertz CT molecular complexity index is 485. The number of fused-ring (bicyclic) bond motifs is 1. The molecule has 2 rings (SSSR count). The second-order valence-corrected chi connectivity index (χ2v) is 4.75. The summed E-state index contributed by atoms with van der Waals surface area (Å²) < 4.78 is 0. The number of nitrogens with zero attached hydrogens (tertiary/aromatic N) is 1. The van der Waals surface area contributed by atoms with Gasteiger partial charge in [-0.2, -0.15) is 0 Å². The number of carbonyl (C=O) groups excluding carboxylic acids is 2. The van der Waals surface area contributed by atoms with Crippen molar-refractivity contribution in [1.29, 1.82) is 0 Å². The van der Waals surface area contributed by atoms with Gasteiger partial charge in [-0.25, -0.2) is 0 Å². The summed E-state index contributed by atoms with van der Waals surface area (Å²) >= 11 is 0. The molecule has 19 heavy (non-hydrogen) atoms. The first-order valence-electron chi connectivity index (χ1n) is 6.84. The van der Waals surface area contributed by atoms with Crippen LogP contribution in [0.4, 0.5) is 0 Å². The van der Waals surface area contributed by atoms with Gasteiger partial charge in [0.15, 0.2) is 0 Å². The summed E-state index contributed by atoms with van der Waals surface area (Å²) in [7, 11) is 0. The van der Waals surface area contributed by atoms with Crippen LogP contribution in [0.5, 0.6) is 0 Å². The van der Waals surface area contributed by atoms with Gasteiger partial charge in [0, 0.05) is 13.1 Å². The Balaban J connectivity index is 2.35. The Morgan fingerprint density at radius 2 is 2.11 bits per heavy atom. The van der Waals surface area contributed by atoms with Crippen molar-refractivity contribution in [2.75, 3.05) is 13.1 Å². The van der Waals surface area contributed by atoms with E-state index < -0.39 is 6.04 Å². The highest BCUT2D eigenvalue weighted by Crippen LogP contribution is 2.30. The van der Waals surface area contributed by atoms with E-state index in [4.69, 9.17) is 0 Å². The van der Waals surface area contributed by atoms with Crippen LogP contribution < -0.4 is 5.32 Å². The van der Waals surface area contributed by atoms with Gasteiger partial charge in [0.25, 0.3) is 0 Å². The Labute approximate surface area is 113 Å². The fourth-order valence-corrected chi connectivity index (χ4v) is 2.52. The zero-order valence-corrected chi connectivity index (χ0v) is 11.5. The number of rotatable bonds is 4. The molecule has 1 aromatic carbocycles. The number of benzene rings is 1. The Morgan fingerprint density at radius 3 is 2.79 bits per heavy atom. The molecule has 1 atom stereocenters. The third-order valence-electron chi connectivity index (χ3n) is 3.46. The molecule has 1 N–H and O–H groups in total. The quantitative estimate of drug-likeness (QED) is 0.895. The number of hydrogen-bond acceptors (Lipinski definition) is 2. The van der Waals surface area contributed by atoms with E-state index in [1.807, 2.05) is 38.1 Å². The van der Waals surface area contributed by atoms with Crippen molar-refractivity contribution >= 4 is 11.8 Å². The maximum absolute atomic E-state index is 12.3. The minimum absolute atomic E-state index is 0.0258. The molecule has 2 amide bonds. The highest BCUT2D eigenvalue weighted by Gasteiger charge is 2.35. The van der Waals surface area contributed by atoms with Gasteiger partial charge in [-0.3, -0.25) is 9.59 Å². The lowest BCUT2D eigenvalue weighted by Crippen LogP contribution is -2.47. The fraction of sp³-hybridized carbons (Fsp3) is 0.467. The molecule has 0 aromatic heterocycles. The highest BCUT2D eigenvalue weighted by atomic mass is 16.2. The van der Waals surface area contributed by atoms with Crippen LogP contribution in [0.2, 0.25) is 0 Å². The molecule has 0 radical (unpaired) electrons. The lowest BCUT2D eigenvalue weighted by atomic mass is 9.91. The van der Waals surface area contributed by atoms with Crippen LogP contribution in [0, 0.1) is 0 Å². The predicted octanol–water partition coefficient (Wildman–Crippen LogP) is 1.66. The van der Waals surface area contributed by atoms with Crippen molar-refractivity contribution in [3.05, 3.63) is 35.4 Å². The molecule has 4 nitrogen and oxygen atoms in total. The molecule has 1 aliphatic heterocycles. The second-order valence-electron chi connectivity index (χ2n) is 4.75. The number of amides is 2. The van der Waals surface area contributed by atoms with Crippen LogP contribution in [-0.4, -0.2) is 29.8 Å². The SMILES string of the molecule is CCCNC(=O)C1c2ccccc2CC(=O)N1CC. The molecule has 0 saturated heterocycles. The lowest BCUT2D eigenvalue weighted by Gasteiger charge is -2.35. The zero-order valence-electron chi connectivity index (χ0n) is 11.5. The molecule has 1 aliphatic rings. The van der Waals surface area contributed by atoms with Gasteiger partial charge >= 0.3 is 0 Å². The van der Waals surface area contributed by atoms with Gasteiger partial charge < -0.3 is 10.2 Å². The summed E-state index contributed by atoms with van der Waals surface area (Å²) in [5.74, 6) is -0.0537. The standard InChI is InChI=1S/C15H20N2O2/c1-3-9-16-15(19)14-12-8-6-5-7-11(12)10-13(18)17(14)4-2/h5-8,14H,3-4,9-10H2,1-2H3,(H,16,19). The smallest absolute Gasteiger partial charge is 0.247 e. The van der Waals surface area contributed by atoms with Crippen LogP contribution in [0.15, 0.2) is 24.3 Å². The van der Waals surface area contributed by atoms with E-state index in [2.05, 4.69) is 5.32 Å². The van der Waals surface area contributed by atoms with Crippen molar-refractivity contribution in [3.8, 4) is 0 Å². The normalized spacial score (nSPS) is 18.1. The Morgan fingerprint density at radius 1 is 1.37 bits per heavy atom. The van der Waals surface area contributed by atoms with Crippen LogP contribution in [-0.2, 0) is 16.0 Å². The first kappa shape index (κ1) is 13.6. The summed E-state index contributed by atoms with van der Waals surface area (Å²) in [5.41, 5.74) is 1.92. The van der Waals surface area contributed by atoms with E-state index >= 15 is 0 Å². The van der Waals surface area contributed by atoms with Crippen molar-refractivity contribution in [1.82, 2.24) is 10.2 Å². The largest absolute Gasteiger partial charge is 0.354 e. The van der Waals surface area contributed by atoms with E-state index in [1.165, 1.54) is 0 Å². The molecule has 4 heteroatoms. The van der Waals surface area contributed by atoms with Gasteiger partial charge in [0.1, 0.15) is 6.04 Å². The lowest BCUT2D eigenvalue weighted by molar-refractivity contribution is -0.141. The first-order chi connectivity index (χ1) is 9.19. The minimum atomic E-state index is -0.478. The van der Waals surface area contributed by atoms with Crippen LogP contribution in [0.3, 0.4) is 0 Å². The van der Waals surface area contributed by atoms with E-state index in [-0.39, 0.29) is 11.8 Å². The van der Waals surface area contributed by atoms with E-state index in [0.29, 0.717) is 19.5 Å². The number of carbonyl (C=O) groups is 2. The zero-order chi connectivity index (χ0) is 13.8. The van der Waals surface area contributed by atoms with Crippen molar-refractivity contribution in [2.24, 2.45) is 0 Å². The van der Waals surface area contributed by atoms with Crippen LogP contribution in [0.1, 0.15) is 37.4 Å². The molecule has 1 aromatic rings. The topological polar surface area (TPSA) is 49.4 Å². The van der Waals surface area contributed by atoms with Gasteiger partial charge in [-0.15, -0.1) is 0 Å². The second kappa shape index (κ2) is 5.87. The molecule has 0 bridgehead atoms. The van der Waals surface area contributed by atoms with Crippen molar-refractivity contribution in [3.63, 3.8) is 0 Å². The minimum Gasteiger partial charge on any atom is -0.354 e. The van der Waals surface area contributed by atoms with E-state index in [0.717, 1.165) is 17.5 Å². The molecular formula is C15H20N2O2. The average molecular weight is 260 g/mol. The van der Waals surface area contributed by atoms with Crippen molar-refractivity contribution in [2.45, 2.75) is 32.7 Å². The maximum Gasteiger partial charge on any atom is 0.247 e. The van der Waals surface area contributed by atoms with E-state index in [1.54, 1.807) is 4.90 Å². The molecule has 0 fully saturated rings. The summed E-state index contributed by atoms with van der Waals surface area (Å²) in [5, 5.41) is 2.89. The Kier molecular flexibility index (Phi) is 4.20. The Hall–Kier alpha value is -1.84. The highest BCUT2D eigenvalue weighted by molar-refractivity contribution is 5.92. The molecule has 102 valence electrons. The monoisotopic (exact) mass is 260 g/mol. The van der Waals surface area contributed by atoms with Gasteiger partial charge in [-0.1, -0.05) is 31.2 Å². The molecule has 0 aliphatic carbocycles. The average Bonchev–Trinajstić information content (AvgIpc) is 2.43. The third-order valence-corrected chi connectivity index (χ3v) is 3.46. The summed E-state index contributed by atoms with van der Waals surface area (Å²) in [6.07, 6.45) is 1.28. The van der Waals surface area contributed by atoms with Crippen LogP contribution >= 0.6 is 0 Å². The van der Waals surface area contributed by atoms with Gasteiger partial charge in [0.2, 0.25) is 11.8 Å². The molecule has 0 spiro atoms. The molecule has 1 heterocycles. The number of hydrogen-bond donors (Lipinski definition) is 1. The number of likely N-dealkylation sites (N-methyl/N-ethyl adjacent to an activating group) is 1. The van der Waals surface area contributed by atoms with Crippen LogP contribution in [0.25, 0.3) is 0 Å². The third kappa shape index (κ3) is 2.62. The first-order valence-corrected chi connectivity index (χ1v) is 6.84. The summed E-state index contributed by atoms with van der Waals surface area (Å²) in [4.78, 5) is 26.1. The molecular weight excluding hydrogens is 240 g/mol. The summed E-state index contributed by atoms with van der Waals surface area (Å²) in [6, 6.07) is 7.23. The predicted molar refractivity (Wildman–Crippen MR) is 73.6 cm³/mol. The molecule has 0 saturated carbocycles. The van der Waals surface area contributed by atoms with E-state index in [9.17, 15) is 9.59 Å². The van der Waals surface area contributed by atoms with Gasteiger partial charge in [0.05, 0.1) is 6.42 Å². The summed E-state index contributed by atoms with van der Waals surface area (Å²) in [6.45, 7) is 5.12. The maximum atomic E-state index is 12.3. The van der Waals surface area contributed by atoms with Gasteiger partial charge in [-0.05, 0) is 24.5 Å². The molecule has 1 unspecified atom stereocenters. The number of nitrogens with one attached hydrogen (secondary N) is 1. The van der Waals surface area contributed by atoms with Crippen molar-refractivity contribution < 1.29 is 9.59 Å². The fourth-order valence-electron chi connectivity index (χ4n) is 2.52.